The Morgan fingerprint density at radius 2 is 2.37 bits per heavy atom. The fourth-order valence-corrected chi connectivity index (χ4v) is 2.45. The Balaban J connectivity index is 1.85. The van der Waals surface area contributed by atoms with Crippen LogP contribution in [0.1, 0.15) is 41.2 Å². The number of carbonyl (C=O) groups is 1. The molecule has 2 aromatic heterocycles. The van der Waals surface area contributed by atoms with E-state index >= 15 is 0 Å². The van der Waals surface area contributed by atoms with E-state index in [1.54, 1.807) is 24.0 Å². The second-order valence-electron chi connectivity index (χ2n) is 4.43. The highest BCUT2D eigenvalue weighted by Crippen LogP contribution is 2.32. The zero-order valence-corrected chi connectivity index (χ0v) is 11.1. The Labute approximate surface area is 114 Å². The minimum absolute atomic E-state index is 0.158. The number of aryl methyl sites for hydroxylation is 1. The molecular formula is C12H12ClN3O3. The van der Waals surface area contributed by atoms with Crippen LogP contribution in [0.2, 0.25) is 5.22 Å². The number of amides is 1. The summed E-state index contributed by atoms with van der Waals surface area (Å²) in [5.74, 6) is 1.07. The van der Waals surface area contributed by atoms with Crippen LogP contribution in [0.25, 0.3) is 0 Å². The smallest absolute Gasteiger partial charge is 0.290 e. The van der Waals surface area contributed by atoms with Crippen LogP contribution in [0, 0.1) is 6.92 Å². The number of nitrogens with zero attached hydrogens (tertiary/aromatic N) is 3. The maximum atomic E-state index is 12.3. The highest BCUT2D eigenvalue weighted by molar-refractivity contribution is 6.29. The highest BCUT2D eigenvalue weighted by Gasteiger charge is 2.34. The fraction of sp³-hybridized carbons (Fsp3) is 0.417. The van der Waals surface area contributed by atoms with Gasteiger partial charge in [0.15, 0.2) is 16.8 Å². The van der Waals surface area contributed by atoms with E-state index < -0.39 is 0 Å². The number of aromatic nitrogens is 2. The zero-order chi connectivity index (χ0) is 13.4. The van der Waals surface area contributed by atoms with Gasteiger partial charge in [-0.05, 0) is 36.6 Å². The molecule has 0 aromatic carbocycles. The maximum absolute atomic E-state index is 12.3. The summed E-state index contributed by atoms with van der Waals surface area (Å²) in [5, 5.41) is 4.10. The first-order valence-electron chi connectivity index (χ1n) is 6.01. The van der Waals surface area contributed by atoms with Gasteiger partial charge >= 0.3 is 0 Å². The summed E-state index contributed by atoms with van der Waals surface area (Å²) < 4.78 is 10.1. The predicted octanol–water partition coefficient (Wildman–Crippen LogP) is 2.60. The van der Waals surface area contributed by atoms with E-state index in [4.69, 9.17) is 20.5 Å². The molecule has 1 atom stereocenters. The minimum atomic E-state index is -0.197. The minimum Gasteiger partial charge on any atom is -0.440 e. The van der Waals surface area contributed by atoms with Gasteiger partial charge in [-0.1, -0.05) is 5.16 Å². The van der Waals surface area contributed by atoms with Crippen molar-refractivity contribution < 1.29 is 13.7 Å². The standard InChI is InChI=1S/C12H12ClN3O3/c1-7-14-11(15-19-7)8-3-2-6-16(8)12(17)9-4-5-10(13)18-9/h4-5,8H,2-3,6H2,1H3/t8-/m0/s1. The molecule has 0 N–H and O–H groups in total. The summed E-state index contributed by atoms with van der Waals surface area (Å²) in [5.41, 5.74) is 0. The molecule has 1 aliphatic rings. The lowest BCUT2D eigenvalue weighted by atomic mass is 10.2. The van der Waals surface area contributed by atoms with Crippen LogP contribution >= 0.6 is 11.6 Å². The molecule has 6 nitrogen and oxygen atoms in total. The monoisotopic (exact) mass is 281 g/mol. The van der Waals surface area contributed by atoms with Gasteiger partial charge in [-0.2, -0.15) is 4.98 Å². The Morgan fingerprint density at radius 1 is 1.53 bits per heavy atom. The largest absolute Gasteiger partial charge is 0.440 e. The number of carbonyl (C=O) groups excluding carboxylic acids is 1. The molecule has 0 unspecified atom stereocenters. The first-order chi connectivity index (χ1) is 9.15. The van der Waals surface area contributed by atoms with Crippen LogP contribution < -0.4 is 0 Å². The molecule has 100 valence electrons. The van der Waals surface area contributed by atoms with Gasteiger partial charge < -0.3 is 13.8 Å². The van der Waals surface area contributed by atoms with Crippen molar-refractivity contribution >= 4 is 17.5 Å². The van der Waals surface area contributed by atoms with Crippen LogP contribution in [0.5, 0.6) is 0 Å². The number of halogens is 1. The Bertz CT molecular complexity index is 607. The molecule has 3 heterocycles. The number of furan rings is 1. The van der Waals surface area contributed by atoms with E-state index in [1.807, 2.05) is 0 Å². The summed E-state index contributed by atoms with van der Waals surface area (Å²) in [6, 6.07) is 2.97. The lowest BCUT2D eigenvalue weighted by Crippen LogP contribution is -2.30. The topological polar surface area (TPSA) is 72.4 Å². The lowest BCUT2D eigenvalue weighted by molar-refractivity contribution is 0.0696. The molecule has 1 aliphatic heterocycles. The quantitative estimate of drug-likeness (QED) is 0.846. The summed E-state index contributed by atoms with van der Waals surface area (Å²) >= 11 is 5.69. The average Bonchev–Trinajstić information content (AvgIpc) is 3.07. The normalized spacial score (nSPS) is 19.1. The third-order valence-electron chi connectivity index (χ3n) is 3.14. The zero-order valence-electron chi connectivity index (χ0n) is 10.3. The van der Waals surface area contributed by atoms with Gasteiger partial charge in [-0.25, -0.2) is 0 Å². The van der Waals surface area contributed by atoms with E-state index in [-0.39, 0.29) is 22.9 Å². The van der Waals surface area contributed by atoms with E-state index in [1.165, 1.54) is 0 Å². The molecule has 0 saturated carbocycles. The first-order valence-corrected chi connectivity index (χ1v) is 6.39. The molecule has 0 bridgehead atoms. The molecule has 2 aromatic rings. The van der Waals surface area contributed by atoms with Crippen LogP contribution in [-0.4, -0.2) is 27.5 Å². The summed E-state index contributed by atoms with van der Waals surface area (Å²) in [7, 11) is 0. The molecule has 1 amide bonds. The Morgan fingerprint density at radius 3 is 3.00 bits per heavy atom. The van der Waals surface area contributed by atoms with Crippen molar-refractivity contribution in [3.63, 3.8) is 0 Å². The second-order valence-corrected chi connectivity index (χ2v) is 4.80. The third kappa shape index (κ3) is 2.23. The van der Waals surface area contributed by atoms with Crippen LogP contribution in [0.15, 0.2) is 21.1 Å². The van der Waals surface area contributed by atoms with Crippen molar-refractivity contribution in [1.29, 1.82) is 0 Å². The van der Waals surface area contributed by atoms with Gasteiger partial charge in [0.1, 0.15) is 0 Å². The third-order valence-corrected chi connectivity index (χ3v) is 3.34. The van der Waals surface area contributed by atoms with E-state index in [9.17, 15) is 4.79 Å². The molecular weight excluding hydrogens is 270 g/mol. The van der Waals surface area contributed by atoms with Crippen molar-refractivity contribution in [2.24, 2.45) is 0 Å². The maximum Gasteiger partial charge on any atom is 0.290 e. The van der Waals surface area contributed by atoms with Gasteiger partial charge in [0.05, 0.1) is 6.04 Å². The summed E-state index contributed by atoms with van der Waals surface area (Å²) in [4.78, 5) is 18.2. The Hall–Kier alpha value is -1.82. The molecule has 0 spiro atoms. The average molecular weight is 282 g/mol. The molecule has 3 rings (SSSR count). The SMILES string of the molecule is Cc1nc([C@@H]2CCCN2C(=O)c2ccc(Cl)o2)no1. The van der Waals surface area contributed by atoms with Crippen LogP contribution in [0.4, 0.5) is 0 Å². The van der Waals surface area contributed by atoms with Gasteiger partial charge in [0.25, 0.3) is 5.91 Å². The van der Waals surface area contributed by atoms with Gasteiger partial charge in [0, 0.05) is 13.5 Å². The van der Waals surface area contributed by atoms with Crippen LogP contribution in [0.3, 0.4) is 0 Å². The van der Waals surface area contributed by atoms with Gasteiger partial charge in [0.2, 0.25) is 5.89 Å². The summed E-state index contributed by atoms with van der Waals surface area (Å²) in [6.45, 7) is 2.37. The molecule has 0 aliphatic carbocycles. The summed E-state index contributed by atoms with van der Waals surface area (Å²) in [6.07, 6.45) is 1.72. The number of likely N-dealkylation sites (tertiary alicyclic amines) is 1. The van der Waals surface area contributed by atoms with Crippen LogP contribution in [-0.2, 0) is 0 Å². The Kier molecular flexibility index (Phi) is 3.02. The number of hydrogen-bond donors (Lipinski definition) is 0. The van der Waals surface area contributed by atoms with Crippen molar-refractivity contribution in [3.8, 4) is 0 Å². The number of rotatable bonds is 2. The van der Waals surface area contributed by atoms with Gasteiger partial charge in [-0.3, -0.25) is 4.79 Å². The van der Waals surface area contributed by atoms with E-state index in [0.29, 0.717) is 18.3 Å². The molecule has 1 saturated heterocycles. The van der Waals surface area contributed by atoms with Gasteiger partial charge in [-0.15, -0.1) is 0 Å². The molecule has 1 fully saturated rings. The second kappa shape index (κ2) is 4.70. The first kappa shape index (κ1) is 12.2. The van der Waals surface area contributed by atoms with Crippen molar-refractivity contribution in [2.75, 3.05) is 6.54 Å². The lowest BCUT2D eigenvalue weighted by Gasteiger charge is -2.20. The molecule has 19 heavy (non-hydrogen) atoms. The van der Waals surface area contributed by atoms with Crippen molar-refractivity contribution in [3.05, 3.63) is 34.8 Å². The molecule has 0 radical (unpaired) electrons. The number of hydrogen-bond acceptors (Lipinski definition) is 5. The van der Waals surface area contributed by atoms with E-state index in [0.717, 1.165) is 12.8 Å². The molecule has 7 heteroatoms. The highest BCUT2D eigenvalue weighted by atomic mass is 35.5. The van der Waals surface area contributed by atoms with E-state index in [2.05, 4.69) is 10.1 Å². The van der Waals surface area contributed by atoms with Crippen molar-refractivity contribution in [2.45, 2.75) is 25.8 Å². The van der Waals surface area contributed by atoms with Crippen molar-refractivity contribution in [1.82, 2.24) is 15.0 Å². The predicted molar refractivity (Wildman–Crippen MR) is 65.8 cm³/mol. The fourth-order valence-electron chi connectivity index (χ4n) is 2.30.